The Bertz CT molecular complexity index is 2300. The van der Waals surface area contributed by atoms with Gasteiger partial charge in [0, 0.05) is 33.5 Å². The quantitative estimate of drug-likeness (QED) is 0.180. The number of benzene rings is 7. The monoisotopic (exact) mass is 603 g/mol. The molecular weight excluding hydrogens is 571 g/mol. The lowest BCUT2D eigenvalue weighted by atomic mass is 9.98. The van der Waals surface area contributed by atoms with E-state index >= 15 is 0 Å². The summed E-state index contributed by atoms with van der Waals surface area (Å²) in [7, 11) is 0. The van der Waals surface area contributed by atoms with Crippen LogP contribution in [0.2, 0.25) is 0 Å². The Morgan fingerprint density at radius 2 is 0.979 bits per heavy atom. The van der Waals surface area contributed by atoms with Crippen LogP contribution in [0.4, 0.5) is 17.1 Å². The standard InChI is InChI=1S/C45H33NO/c1-32-41-22-9-11-25-44(41)47-45(32)38-20-13-21-40(31-38)46(43-24-10-8-23-42(43)35-16-6-3-7-17-35)39-28-26-34(27-29-39)37-19-12-18-36(30-37)33-14-4-2-5-15-33/h2-31H,1H3. The molecule has 1 aromatic heterocycles. The zero-order valence-corrected chi connectivity index (χ0v) is 26.2. The minimum Gasteiger partial charge on any atom is -0.456 e. The summed E-state index contributed by atoms with van der Waals surface area (Å²) in [5.74, 6) is 0.901. The van der Waals surface area contributed by atoms with E-state index in [2.05, 4.69) is 182 Å². The molecule has 1 heterocycles. The van der Waals surface area contributed by atoms with Crippen molar-refractivity contribution < 1.29 is 4.42 Å². The molecule has 0 radical (unpaired) electrons. The van der Waals surface area contributed by atoms with Gasteiger partial charge < -0.3 is 9.32 Å². The van der Waals surface area contributed by atoms with Gasteiger partial charge in [-0.2, -0.15) is 0 Å². The minimum atomic E-state index is 0.901. The Morgan fingerprint density at radius 3 is 1.72 bits per heavy atom. The highest BCUT2D eigenvalue weighted by atomic mass is 16.3. The van der Waals surface area contributed by atoms with Gasteiger partial charge in [-0.1, -0.05) is 140 Å². The molecule has 224 valence electrons. The zero-order chi connectivity index (χ0) is 31.6. The number of anilines is 3. The molecule has 0 amide bonds. The SMILES string of the molecule is Cc1c(-c2cccc(N(c3ccc(-c4cccc(-c5ccccc5)c4)cc3)c3ccccc3-c3ccccc3)c2)oc2ccccc12. The van der Waals surface area contributed by atoms with E-state index < -0.39 is 0 Å². The molecule has 0 atom stereocenters. The van der Waals surface area contributed by atoms with Gasteiger partial charge >= 0.3 is 0 Å². The zero-order valence-electron chi connectivity index (χ0n) is 26.2. The highest BCUT2D eigenvalue weighted by Gasteiger charge is 2.19. The van der Waals surface area contributed by atoms with Crippen molar-refractivity contribution in [3.05, 3.63) is 188 Å². The maximum Gasteiger partial charge on any atom is 0.138 e. The van der Waals surface area contributed by atoms with Crippen LogP contribution < -0.4 is 4.90 Å². The van der Waals surface area contributed by atoms with Gasteiger partial charge in [0.25, 0.3) is 0 Å². The molecule has 0 saturated carbocycles. The molecule has 0 fully saturated rings. The average molecular weight is 604 g/mol. The summed E-state index contributed by atoms with van der Waals surface area (Å²) in [6.07, 6.45) is 0. The first-order valence-corrected chi connectivity index (χ1v) is 16.0. The lowest BCUT2D eigenvalue weighted by Crippen LogP contribution is -2.11. The summed E-state index contributed by atoms with van der Waals surface area (Å²) in [5.41, 5.74) is 13.5. The number of hydrogen-bond acceptors (Lipinski definition) is 2. The van der Waals surface area contributed by atoms with E-state index in [9.17, 15) is 0 Å². The van der Waals surface area contributed by atoms with Crippen molar-refractivity contribution in [1.82, 2.24) is 0 Å². The molecule has 7 aromatic carbocycles. The van der Waals surface area contributed by atoms with Crippen LogP contribution in [0.1, 0.15) is 5.56 Å². The third kappa shape index (κ3) is 5.51. The predicted molar refractivity (Wildman–Crippen MR) is 197 cm³/mol. The van der Waals surface area contributed by atoms with Gasteiger partial charge in [0.1, 0.15) is 11.3 Å². The summed E-state index contributed by atoms with van der Waals surface area (Å²) in [6, 6.07) is 64.4. The molecule has 8 aromatic rings. The smallest absolute Gasteiger partial charge is 0.138 e. The number of furan rings is 1. The number of rotatable bonds is 7. The Balaban J connectivity index is 1.25. The second-order valence-electron chi connectivity index (χ2n) is 11.8. The van der Waals surface area contributed by atoms with E-state index in [-0.39, 0.29) is 0 Å². The van der Waals surface area contributed by atoms with Gasteiger partial charge in [-0.3, -0.25) is 0 Å². The molecule has 0 N–H and O–H groups in total. The van der Waals surface area contributed by atoms with Crippen molar-refractivity contribution in [2.75, 3.05) is 4.90 Å². The number of aryl methyl sites for hydroxylation is 1. The molecule has 8 rings (SSSR count). The summed E-state index contributed by atoms with van der Waals surface area (Å²) in [5, 5.41) is 1.14. The lowest BCUT2D eigenvalue weighted by molar-refractivity contribution is 0.629. The normalized spacial score (nSPS) is 11.1. The number of nitrogens with zero attached hydrogens (tertiary/aromatic N) is 1. The van der Waals surface area contributed by atoms with Crippen LogP contribution in [0.25, 0.3) is 55.7 Å². The largest absolute Gasteiger partial charge is 0.456 e. The molecule has 47 heavy (non-hydrogen) atoms. The highest BCUT2D eigenvalue weighted by Crippen LogP contribution is 2.43. The number of para-hydroxylation sites is 2. The van der Waals surface area contributed by atoms with Gasteiger partial charge in [0.05, 0.1) is 5.69 Å². The summed E-state index contributed by atoms with van der Waals surface area (Å²) in [4.78, 5) is 2.36. The third-order valence-electron chi connectivity index (χ3n) is 8.87. The second-order valence-corrected chi connectivity index (χ2v) is 11.8. The Morgan fingerprint density at radius 1 is 0.404 bits per heavy atom. The van der Waals surface area contributed by atoms with E-state index in [0.717, 1.165) is 50.5 Å². The predicted octanol–water partition coefficient (Wildman–Crippen LogP) is 12.9. The molecule has 2 nitrogen and oxygen atoms in total. The molecule has 0 aliphatic carbocycles. The number of hydrogen-bond donors (Lipinski definition) is 0. The molecular formula is C45H33NO. The summed E-state index contributed by atoms with van der Waals surface area (Å²) in [6.45, 7) is 2.14. The fourth-order valence-electron chi connectivity index (χ4n) is 6.51. The first kappa shape index (κ1) is 28.4. The van der Waals surface area contributed by atoms with Gasteiger partial charge in [-0.25, -0.2) is 0 Å². The van der Waals surface area contributed by atoms with Crippen LogP contribution in [0, 0.1) is 6.92 Å². The van der Waals surface area contributed by atoms with Crippen molar-refractivity contribution >= 4 is 28.0 Å². The topological polar surface area (TPSA) is 16.4 Å². The van der Waals surface area contributed by atoms with Gasteiger partial charge in [-0.15, -0.1) is 0 Å². The van der Waals surface area contributed by atoms with Crippen LogP contribution in [0.5, 0.6) is 0 Å². The Hall–Kier alpha value is -6.12. The van der Waals surface area contributed by atoms with E-state index in [1.807, 2.05) is 12.1 Å². The fourth-order valence-corrected chi connectivity index (χ4v) is 6.51. The van der Waals surface area contributed by atoms with Gasteiger partial charge in [0.15, 0.2) is 0 Å². The molecule has 0 aliphatic heterocycles. The van der Waals surface area contributed by atoms with Crippen molar-refractivity contribution in [3.63, 3.8) is 0 Å². The number of fused-ring (bicyclic) bond motifs is 1. The van der Waals surface area contributed by atoms with Crippen LogP contribution >= 0.6 is 0 Å². The molecule has 0 saturated heterocycles. The van der Waals surface area contributed by atoms with E-state index in [4.69, 9.17) is 4.42 Å². The summed E-state index contributed by atoms with van der Waals surface area (Å²) < 4.78 is 6.41. The first-order valence-electron chi connectivity index (χ1n) is 16.0. The maximum absolute atomic E-state index is 6.41. The van der Waals surface area contributed by atoms with Gasteiger partial charge in [0.2, 0.25) is 0 Å². The van der Waals surface area contributed by atoms with Crippen molar-refractivity contribution in [2.45, 2.75) is 6.92 Å². The molecule has 0 bridgehead atoms. The third-order valence-corrected chi connectivity index (χ3v) is 8.87. The van der Waals surface area contributed by atoms with Crippen molar-refractivity contribution in [1.29, 1.82) is 0 Å². The molecule has 0 spiro atoms. The van der Waals surface area contributed by atoms with Crippen LogP contribution in [-0.4, -0.2) is 0 Å². The maximum atomic E-state index is 6.41. The van der Waals surface area contributed by atoms with Crippen LogP contribution in [0.15, 0.2) is 186 Å². The van der Waals surface area contributed by atoms with E-state index in [0.29, 0.717) is 0 Å². The van der Waals surface area contributed by atoms with Crippen molar-refractivity contribution in [2.24, 2.45) is 0 Å². The molecule has 0 aliphatic rings. The first-order chi connectivity index (χ1) is 23.2. The van der Waals surface area contributed by atoms with E-state index in [1.165, 1.54) is 27.8 Å². The molecule has 0 unspecified atom stereocenters. The molecule has 2 heteroatoms. The second kappa shape index (κ2) is 12.3. The Labute approximate surface area is 275 Å². The van der Waals surface area contributed by atoms with Crippen LogP contribution in [0.3, 0.4) is 0 Å². The van der Waals surface area contributed by atoms with Gasteiger partial charge in [-0.05, 0) is 77.2 Å². The average Bonchev–Trinajstić information content (AvgIpc) is 3.49. The fraction of sp³-hybridized carbons (Fsp3) is 0.0222. The summed E-state index contributed by atoms with van der Waals surface area (Å²) >= 11 is 0. The van der Waals surface area contributed by atoms with E-state index in [1.54, 1.807) is 0 Å². The lowest BCUT2D eigenvalue weighted by Gasteiger charge is -2.28. The highest BCUT2D eigenvalue weighted by molar-refractivity contribution is 5.91. The Kier molecular flexibility index (Phi) is 7.45. The van der Waals surface area contributed by atoms with Crippen molar-refractivity contribution in [3.8, 4) is 44.7 Å². The minimum absolute atomic E-state index is 0.901. The van der Waals surface area contributed by atoms with Crippen LogP contribution in [-0.2, 0) is 0 Å².